The predicted octanol–water partition coefficient (Wildman–Crippen LogP) is 6.37. The van der Waals surface area contributed by atoms with E-state index in [9.17, 15) is 4.79 Å². The lowest BCUT2D eigenvalue weighted by molar-refractivity contribution is 0.0956. The first-order chi connectivity index (χ1) is 16.8. The van der Waals surface area contributed by atoms with Gasteiger partial charge in [-0.1, -0.05) is 62.7 Å². The molecule has 0 aliphatic heterocycles. The molecule has 3 aromatic rings. The second-order valence-electron chi connectivity index (χ2n) is 7.79. The maximum absolute atomic E-state index is 12.1. The van der Waals surface area contributed by atoms with Crippen molar-refractivity contribution in [3.63, 3.8) is 0 Å². The number of anilines is 2. The first kappa shape index (κ1) is 27.9. The molecule has 0 radical (unpaired) electrons. The molecule has 0 saturated heterocycles. The molecule has 0 aliphatic rings. The van der Waals surface area contributed by atoms with E-state index < -0.39 is 0 Å². The van der Waals surface area contributed by atoms with Crippen LogP contribution in [0.2, 0.25) is 5.02 Å². The van der Waals surface area contributed by atoms with Crippen LogP contribution in [0.5, 0.6) is 0 Å². The van der Waals surface area contributed by atoms with Gasteiger partial charge in [-0.15, -0.1) is 0 Å². The fourth-order valence-electron chi connectivity index (χ4n) is 3.45. The Morgan fingerprint density at radius 3 is 2.51 bits per heavy atom. The summed E-state index contributed by atoms with van der Waals surface area (Å²) in [5, 5.41) is 4.65. The summed E-state index contributed by atoms with van der Waals surface area (Å²) < 4.78 is 0. The molecule has 0 unspecified atom stereocenters. The Bertz CT molecular complexity index is 1180. The highest BCUT2D eigenvalue weighted by atomic mass is 35.5. The fourth-order valence-corrected chi connectivity index (χ4v) is 3.71. The van der Waals surface area contributed by atoms with Gasteiger partial charge in [0.2, 0.25) is 0 Å². The van der Waals surface area contributed by atoms with Crippen molar-refractivity contribution < 1.29 is 4.79 Å². The normalized spacial score (nSPS) is 10.6. The van der Waals surface area contributed by atoms with Crippen molar-refractivity contribution in [2.45, 2.75) is 47.6 Å². The Morgan fingerprint density at radius 2 is 1.86 bits per heavy atom. The predicted molar refractivity (Wildman–Crippen MR) is 149 cm³/mol. The lowest BCUT2D eigenvalue weighted by Gasteiger charge is -2.21. The van der Waals surface area contributed by atoms with Crippen LogP contribution in [-0.2, 0) is 6.54 Å². The molecule has 0 spiro atoms. The number of nitrogens with one attached hydrogen (secondary N) is 1. The number of carbonyl (C=O) groups excluding carboxylic acids is 1. The van der Waals surface area contributed by atoms with Crippen LogP contribution >= 0.6 is 11.6 Å². The van der Waals surface area contributed by atoms with Crippen molar-refractivity contribution >= 4 is 35.1 Å². The average molecular weight is 494 g/mol. The summed E-state index contributed by atoms with van der Waals surface area (Å²) in [7, 11) is 0. The van der Waals surface area contributed by atoms with Gasteiger partial charge in [-0.2, -0.15) is 0 Å². The molecule has 186 valence electrons. The smallest absolute Gasteiger partial charge is 0.252 e. The number of aromatic nitrogens is 1. The highest BCUT2D eigenvalue weighted by Gasteiger charge is 2.14. The SMILES string of the molecule is CC.CC/C=C\c1cc(CN(N)c2nc(-c3ccc(C(=O)NCC)c(Cl)c3)ccc2N)ccc1C. The zero-order valence-electron chi connectivity index (χ0n) is 21.2. The summed E-state index contributed by atoms with van der Waals surface area (Å²) in [6.45, 7) is 11.0. The number of benzene rings is 2. The largest absolute Gasteiger partial charge is 0.396 e. The summed E-state index contributed by atoms with van der Waals surface area (Å²) in [5.41, 5.74) is 12.0. The third-order valence-corrected chi connectivity index (χ3v) is 5.57. The Kier molecular flexibility index (Phi) is 10.8. The average Bonchev–Trinajstić information content (AvgIpc) is 2.85. The Morgan fingerprint density at radius 1 is 1.11 bits per heavy atom. The van der Waals surface area contributed by atoms with Gasteiger partial charge in [-0.3, -0.25) is 9.80 Å². The number of hydrogen-bond donors (Lipinski definition) is 3. The molecule has 2 aromatic carbocycles. The van der Waals surface area contributed by atoms with Gasteiger partial charge in [0.15, 0.2) is 5.82 Å². The minimum atomic E-state index is -0.209. The number of aryl methyl sites for hydroxylation is 1. The maximum atomic E-state index is 12.1. The third-order valence-electron chi connectivity index (χ3n) is 5.25. The number of nitrogens with two attached hydrogens (primary N) is 2. The first-order valence-electron chi connectivity index (χ1n) is 12.0. The Labute approximate surface area is 214 Å². The van der Waals surface area contributed by atoms with Crippen LogP contribution in [0, 0.1) is 6.92 Å². The van der Waals surface area contributed by atoms with E-state index in [4.69, 9.17) is 23.2 Å². The van der Waals surface area contributed by atoms with Crippen LogP contribution in [0.1, 0.15) is 61.2 Å². The van der Waals surface area contributed by atoms with Crippen molar-refractivity contribution in [1.82, 2.24) is 10.3 Å². The number of allylic oxidation sites excluding steroid dienone is 1. The molecule has 7 heteroatoms. The van der Waals surface area contributed by atoms with Crippen LogP contribution < -0.4 is 21.9 Å². The topological polar surface area (TPSA) is 97.3 Å². The number of halogens is 1. The van der Waals surface area contributed by atoms with Gasteiger partial charge in [0.1, 0.15) is 0 Å². The molecule has 35 heavy (non-hydrogen) atoms. The third kappa shape index (κ3) is 7.31. The van der Waals surface area contributed by atoms with E-state index in [1.54, 1.807) is 23.2 Å². The van der Waals surface area contributed by atoms with Gasteiger partial charge in [-0.25, -0.2) is 10.8 Å². The quantitative estimate of drug-likeness (QED) is 0.250. The van der Waals surface area contributed by atoms with Crippen molar-refractivity contribution in [3.05, 3.63) is 81.9 Å². The van der Waals surface area contributed by atoms with Gasteiger partial charge in [0, 0.05) is 12.1 Å². The number of amides is 1. The molecule has 5 N–H and O–H groups in total. The second kappa shape index (κ2) is 13.5. The standard InChI is InChI=1S/C26H30ClN5O.C2H6/c1-4-6-7-19-14-18(9-8-17(19)3)16-32(29)25-23(28)12-13-24(31-25)20-10-11-21(22(27)15-20)26(33)30-5-2;1-2/h6-15H,4-5,16,28-29H2,1-3H3,(H,30,33);1-2H3/b7-6-;. The van der Waals surface area contributed by atoms with E-state index in [-0.39, 0.29) is 5.91 Å². The summed E-state index contributed by atoms with van der Waals surface area (Å²) in [5.74, 6) is 6.65. The molecule has 0 bridgehead atoms. The van der Waals surface area contributed by atoms with Crippen molar-refractivity contribution in [3.8, 4) is 11.3 Å². The summed E-state index contributed by atoms with van der Waals surface area (Å²) in [6, 6.07) is 15.1. The van der Waals surface area contributed by atoms with Gasteiger partial charge < -0.3 is 11.1 Å². The highest BCUT2D eigenvalue weighted by Crippen LogP contribution is 2.29. The van der Waals surface area contributed by atoms with Gasteiger partial charge in [0.05, 0.1) is 28.5 Å². The molecule has 0 aliphatic carbocycles. The number of hydrogen-bond acceptors (Lipinski definition) is 5. The number of carbonyl (C=O) groups is 1. The van der Waals surface area contributed by atoms with Crippen molar-refractivity contribution in [2.24, 2.45) is 5.84 Å². The molecule has 1 aromatic heterocycles. The summed E-state index contributed by atoms with van der Waals surface area (Å²) in [4.78, 5) is 16.8. The Hall–Kier alpha value is -3.35. The number of nitrogen functional groups attached to an aromatic ring is 1. The van der Waals surface area contributed by atoms with E-state index in [0.29, 0.717) is 40.9 Å². The van der Waals surface area contributed by atoms with E-state index in [2.05, 4.69) is 54.5 Å². The van der Waals surface area contributed by atoms with E-state index in [0.717, 1.165) is 17.5 Å². The second-order valence-corrected chi connectivity index (χ2v) is 8.20. The maximum Gasteiger partial charge on any atom is 0.252 e. The molecular weight excluding hydrogens is 458 g/mol. The summed E-state index contributed by atoms with van der Waals surface area (Å²) >= 11 is 6.36. The molecule has 0 fully saturated rings. The molecular formula is C28H36ClN5O. The molecule has 1 amide bonds. The van der Waals surface area contributed by atoms with E-state index in [1.807, 2.05) is 32.9 Å². The van der Waals surface area contributed by atoms with Gasteiger partial charge in [-0.05, 0) is 67.3 Å². The minimum Gasteiger partial charge on any atom is -0.396 e. The van der Waals surface area contributed by atoms with Gasteiger partial charge in [0.25, 0.3) is 5.91 Å². The number of nitrogens with zero attached hydrogens (tertiary/aromatic N) is 2. The van der Waals surface area contributed by atoms with Crippen LogP contribution in [0.3, 0.4) is 0 Å². The molecule has 6 nitrogen and oxygen atoms in total. The number of hydrazine groups is 1. The number of rotatable bonds is 8. The van der Waals surface area contributed by atoms with Gasteiger partial charge >= 0.3 is 0 Å². The Balaban J connectivity index is 0.00000210. The van der Waals surface area contributed by atoms with E-state index in [1.165, 1.54) is 11.1 Å². The van der Waals surface area contributed by atoms with E-state index >= 15 is 0 Å². The molecule has 0 saturated carbocycles. The minimum absolute atomic E-state index is 0.209. The first-order valence-corrected chi connectivity index (χ1v) is 12.3. The van der Waals surface area contributed by atoms with Crippen LogP contribution in [0.25, 0.3) is 17.3 Å². The zero-order valence-corrected chi connectivity index (χ0v) is 22.0. The number of pyridine rings is 1. The molecule has 1 heterocycles. The van der Waals surface area contributed by atoms with Crippen LogP contribution in [0.15, 0.2) is 54.6 Å². The monoisotopic (exact) mass is 493 g/mol. The van der Waals surface area contributed by atoms with Crippen molar-refractivity contribution in [2.75, 3.05) is 17.3 Å². The summed E-state index contributed by atoms with van der Waals surface area (Å²) in [6.07, 6.45) is 5.24. The molecule has 3 rings (SSSR count). The van der Waals surface area contributed by atoms with Crippen LogP contribution in [-0.4, -0.2) is 17.4 Å². The lowest BCUT2D eigenvalue weighted by atomic mass is 10.0. The fraction of sp³-hybridized carbons (Fsp3) is 0.286. The highest BCUT2D eigenvalue weighted by molar-refractivity contribution is 6.34. The van der Waals surface area contributed by atoms with Crippen molar-refractivity contribution in [1.29, 1.82) is 0 Å². The lowest BCUT2D eigenvalue weighted by Crippen LogP contribution is -2.31. The molecule has 0 atom stereocenters. The zero-order chi connectivity index (χ0) is 26.0. The van der Waals surface area contributed by atoms with Crippen LogP contribution in [0.4, 0.5) is 11.5 Å².